The van der Waals surface area contributed by atoms with Gasteiger partial charge in [0.1, 0.15) is 17.9 Å². The summed E-state index contributed by atoms with van der Waals surface area (Å²) < 4.78 is 21.2. The van der Waals surface area contributed by atoms with Crippen molar-refractivity contribution in [2.24, 2.45) is 0 Å². The number of rotatable bonds is 9. The number of methoxy groups -OCH3 is 3. The van der Waals surface area contributed by atoms with Crippen LogP contribution in [-0.4, -0.2) is 56.0 Å². The Kier molecular flexibility index (Phi) is 6.38. The molecule has 0 saturated carbocycles. The lowest BCUT2D eigenvalue weighted by Crippen LogP contribution is -2.25. The fourth-order valence-electron chi connectivity index (χ4n) is 3.02. The molecule has 2 heterocycles. The maximum absolute atomic E-state index is 11.5. The van der Waals surface area contributed by atoms with Crippen molar-refractivity contribution in [2.75, 3.05) is 34.5 Å². The van der Waals surface area contributed by atoms with E-state index in [2.05, 4.69) is 11.1 Å². The third-order valence-electron chi connectivity index (χ3n) is 4.28. The van der Waals surface area contributed by atoms with Crippen LogP contribution in [0.1, 0.15) is 12.1 Å². The van der Waals surface area contributed by atoms with Crippen molar-refractivity contribution in [2.45, 2.75) is 18.0 Å². The Morgan fingerprint density at radius 2 is 2.04 bits per heavy atom. The molecule has 0 aliphatic carbocycles. The SMILES string of the molecule is COCCOc1cc([N+](=O)[O-])c2[nH]c(C3=CCC(C(OC)OC)S3)cc2c1. The lowest BCUT2D eigenvalue weighted by Gasteiger charge is -2.19. The molecular formula is C18H22N2O6S. The lowest BCUT2D eigenvalue weighted by atomic mass is 10.2. The number of nitro benzene ring substituents is 1. The van der Waals surface area contributed by atoms with Gasteiger partial charge in [-0.2, -0.15) is 0 Å². The number of nitrogens with one attached hydrogen (secondary N) is 1. The Morgan fingerprint density at radius 1 is 1.26 bits per heavy atom. The number of nitro groups is 1. The van der Waals surface area contributed by atoms with E-state index < -0.39 is 4.92 Å². The molecule has 0 radical (unpaired) electrons. The minimum absolute atomic E-state index is 0.0158. The molecule has 1 aromatic carbocycles. The summed E-state index contributed by atoms with van der Waals surface area (Å²) in [7, 11) is 4.81. The average Bonchev–Trinajstić information content (AvgIpc) is 3.29. The van der Waals surface area contributed by atoms with Crippen LogP contribution in [0.2, 0.25) is 0 Å². The van der Waals surface area contributed by atoms with E-state index >= 15 is 0 Å². The van der Waals surface area contributed by atoms with Gasteiger partial charge in [0.15, 0.2) is 6.29 Å². The molecule has 0 amide bonds. The summed E-state index contributed by atoms with van der Waals surface area (Å²) in [6, 6.07) is 5.13. The van der Waals surface area contributed by atoms with Crippen LogP contribution in [0.15, 0.2) is 24.3 Å². The summed E-state index contributed by atoms with van der Waals surface area (Å²) in [4.78, 5) is 15.3. The largest absolute Gasteiger partial charge is 0.491 e. The standard InChI is InChI=1S/C18H22N2O6S/c1-23-6-7-26-12-8-11-9-13(19-17(11)14(10-12)20(21)22)15-4-5-16(27-15)18(24-2)25-3/h4,8-10,16,18-19H,5-7H2,1-3H3. The van der Waals surface area contributed by atoms with Gasteiger partial charge in [0, 0.05) is 31.6 Å². The quantitative estimate of drug-likeness (QED) is 0.301. The highest BCUT2D eigenvalue weighted by Crippen LogP contribution is 2.43. The number of nitrogens with zero attached hydrogens (tertiary/aromatic N) is 1. The van der Waals surface area contributed by atoms with Gasteiger partial charge in [0.25, 0.3) is 5.69 Å². The number of aromatic nitrogens is 1. The second kappa shape index (κ2) is 8.75. The highest BCUT2D eigenvalue weighted by atomic mass is 32.2. The van der Waals surface area contributed by atoms with Gasteiger partial charge in [-0.3, -0.25) is 10.1 Å². The van der Waals surface area contributed by atoms with Gasteiger partial charge in [-0.05, 0) is 18.6 Å². The molecule has 1 atom stereocenters. The van der Waals surface area contributed by atoms with Crippen LogP contribution < -0.4 is 4.74 Å². The first-order valence-corrected chi connectivity index (χ1v) is 9.31. The van der Waals surface area contributed by atoms with Crippen LogP contribution in [0.25, 0.3) is 15.8 Å². The topological polar surface area (TPSA) is 95.8 Å². The first kappa shape index (κ1) is 19.7. The van der Waals surface area contributed by atoms with Crippen molar-refractivity contribution >= 4 is 33.3 Å². The van der Waals surface area contributed by atoms with Gasteiger partial charge in [-0.1, -0.05) is 6.08 Å². The highest BCUT2D eigenvalue weighted by molar-refractivity contribution is 8.09. The van der Waals surface area contributed by atoms with E-state index in [1.54, 1.807) is 39.2 Å². The van der Waals surface area contributed by atoms with Crippen molar-refractivity contribution < 1.29 is 23.9 Å². The van der Waals surface area contributed by atoms with E-state index in [4.69, 9.17) is 18.9 Å². The van der Waals surface area contributed by atoms with Crippen LogP contribution in [0.4, 0.5) is 5.69 Å². The monoisotopic (exact) mass is 394 g/mol. The van der Waals surface area contributed by atoms with Crippen molar-refractivity contribution in [1.29, 1.82) is 0 Å². The van der Waals surface area contributed by atoms with Crippen LogP contribution in [0.5, 0.6) is 5.75 Å². The van der Waals surface area contributed by atoms with Crippen LogP contribution in [0.3, 0.4) is 0 Å². The number of fused-ring (bicyclic) bond motifs is 1. The summed E-state index contributed by atoms with van der Waals surface area (Å²) >= 11 is 1.63. The molecule has 146 valence electrons. The number of hydrogen-bond acceptors (Lipinski definition) is 7. The lowest BCUT2D eigenvalue weighted by molar-refractivity contribution is -0.383. The minimum atomic E-state index is -0.406. The molecule has 27 heavy (non-hydrogen) atoms. The fraction of sp³-hybridized carbons (Fsp3) is 0.444. The molecule has 1 aromatic heterocycles. The van der Waals surface area contributed by atoms with Crippen molar-refractivity contribution in [3.8, 4) is 5.75 Å². The number of thioether (sulfide) groups is 1. The number of hydrogen-bond donors (Lipinski definition) is 1. The van der Waals surface area contributed by atoms with Crippen molar-refractivity contribution in [1.82, 2.24) is 4.98 Å². The van der Waals surface area contributed by atoms with Gasteiger partial charge in [-0.15, -0.1) is 11.8 Å². The molecule has 8 nitrogen and oxygen atoms in total. The second-order valence-corrected chi connectivity index (χ2v) is 7.27. The van der Waals surface area contributed by atoms with Crippen LogP contribution in [-0.2, 0) is 14.2 Å². The Morgan fingerprint density at radius 3 is 2.70 bits per heavy atom. The molecule has 0 spiro atoms. The van der Waals surface area contributed by atoms with Crippen LogP contribution in [0, 0.1) is 10.1 Å². The third kappa shape index (κ3) is 4.27. The predicted octanol–water partition coefficient (Wildman–Crippen LogP) is 3.57. The fourth-order valence-corrected chi connectivity index (χ4v) is 4.30. The molecule has 1 aliphatic heterocycles. The van der Waals surface area contributed by atoms with Gasteiger partial charge < -0.3 is 23.9 Å². The number of allylic oxidation sites excluding steroid dienone is 1. The third-order valence-corrected chi connectivity index (χ3v) is 5.64. The van der Waals surface area contributed by atoms with Crippen LogP contribution >= 0.6 is 11.8 Å². The normalized spacial score (nSPS) is 16.9. The predicted molar refractivity (Wildman–Crippen MR) is 104 cm³/mol. The van der Waals surface area contributed by atoms with Crippen molar-refractivity contribution in [3.63, 3.8) is 0 Å². The van der Waals surface area contributed by atoms with Gasteiger partial charge >= 0.3 is 0 Å². The number of benzene rings is 1. The summed E-state index contributed by atoms with van der Waals surface area (Å²) in [6.45, 7) is 0.740. The number of ether oxygens (including phenoxy) is 4. The Hall–Kier alpha value is -2.07. The summed E-state index contributed by atoms with van der Waals surface area (Å²) in [5.74, 6) is 0.446. The van der Waals surface area contributed by atoms with Crippen molar-refractivity contribution in [3.05, 3.63) is 40.1 Å². The maximum atomic E-state index is 11.5. The first-order valence-electron chi connectivity index (χ1n) is 8.43. The molecule has 1 N–H and O–H groups in total. The summed E-state index contributed by atoms with van der Waals surface area (Å²) in [5.41, 5.74) is 1.30. The molecule has 0 fully saturated rings. The van der Waals surface area contributed by atoms with Gasteiger partial charge in [0.2, 0.25) is 0 Å². The zero-order valence-electron chi connectivity index (χ0n) is 15.4. The van der Waals surface area contributed by atoms with E-state index in [1.807, 2.05) is 6.07 Å². The summed E-state index contributed by atoms with van der Waals surface area (Å²) in [6.07, 6.45) is 2.59. The smallest absolute Gasteiger partial charge is 0.296 e. The molecular weight excluding hydrogens is 372 g/mol. The zero-order valence-corrected chi connectivity index (χ0v) is 16.2. The molecule has 1 aliphatic rings. The average molecular weight is 394 g/mol. The molecule has 0 bridgehead atoms. The van der Waals surface area contributed by atoms with E-state index in [-0.39, 0.29) is 17.2 Å². The minimum Gasteiger partial charge on any atom is -0.491 e. The number of aromatic amines is 1. The Balaban J connectivity index is 1.88. The summed E-state index contributed by atoms with van der Waals surface area (Å²) in [5, 5.41) is 12.4. The highest BCUT2D eigenvalue weighted by Gasteiger charge is 2.28. The van der Waals surface area contributed by atoms with E-state index in [0.29, 0.717) is 24.5 Å². The second-order valence-electron chi connectivity index (χ2n) is 5.99. The molecule has 0 saturated heterocycles. The van der Waals surface area contributed by atoms with Gasteiger partial charge in [-0.25, -0.2) is 0 Å². The van der Waals surface area contributed by atoms with E-state index in [9.17, 15) is 10.1 Å². The van der Waals surface area contributed by atoms with Gasteiger partial charge in [0.05, 0.1) is 28.5 Å². The maximum Gasteiger partial charge on any atom is 0.296 e. The molecule has 9 heteroatoms. The molecule has 2 aromatic rings. The zero-order chi connectivity index (χ0) is 19.4. The molecule has 1 unspecified atom stereocenters. The number of non-ortho nitro benzene ring substituents is 1. The first-order chi connectivity index (χ1) is 13.1. The van der Waals surface area contributed by atoms with E-state index in [1.165, 1.54) is 6.07 Å². The molecule has 3 rings (SSSR count). The number of H-pyrrole nitrogens is 1. The Labute approximate surface area is 161 Å². The Bertz CT molecular complexity index is 846. The van der Waals surface area contributed by atoms with E-state index in [0.717, 1.165) is 22.4 Å².